The fraction of sp³-hybridized carbons (Fsp3) is 0.600. The molecule has 0 saturated carbocycles. The van der Waals surface area contributed by atoms with Gasteiger partial charge in [0.25, 0.3) is 0 Å². The Kier molecular flexibility index (Phi) is 3.06. The Morgan fingerprint density at radius 2 is 2.18 bits per heavy atom. The minimum absolute atomic E-state index is 0.582. The summed E-state index contributed by atoms with van der Waals surface area (Å²) in [5, 5.41) is 7.15. The number of anilines is 1. The molecule has 0 amide bonds. The molecule has 2 aliphatic heterocycles. The molecule has 1 saturated heterocycles. The van der Waals surface area contributed by atoms with Gasteiger partial charge in [-0.1, -0.05) is 19.1 Å². The van der Waals surface area contributed by atoms with Crippen LogP contribution in [0.3, 0.4) is 0 Å². The maximum absolute atomic E-state index is 3.67. The second kappa shape index (κ2) is 4.69. The van der Waals surface area contributed by atoms with Gasteiger partial charge in [0, 0.05) is 18.3 Å². The van der Waals surface area contributed by atoms with Gasteiger partial charge in [0.2, 0.25) is 0 Å². The van der Waals surface area contributed by atoms with Crippen molar-refractivity contribution in [3.63, 3.8) is 0 Å². The Hall–Kier alpha value is -1.02. The molecule has 2 aliphatic rings. The monoisotopic (exact) mass is 230 g/mol. The summed E-state index contributed by atoms with van der Waals surface area (Å²) in [5.74, 6) is 0.838. The molecule has 0 radical (unpaired) electrons. The quantitative estimate of drug-likeness (QED) is 0.774. The molecule has 2 heterocycles. The van der Waals surface area contributed by atoms with Crippen molar-refractivity contribution in [2.24, 2.45) is 5.92 Å². The Labute approximate surface area is 104 Å². The highest BCUT2D eigenvalue weighted by Gasteiger charge is 2.20. The highest BCUT2D eigenvalue weighted by atomic mass is 14.9. The van der Waals surface area contributed by atoms with Crippen LogP contribution in [0.2, 0.25) is 0 Å². The van der Waals surface area contributed by atoms with E-state index < -0.39 is 0 Å². The van der Waals surface area contributed by atoms with Crippen LogP contribution in [0.15, 0.2) is 18.2 Å². The number of nitrogens with one attached hydrogen (secondary N) is 2. The molecule has 2 atom stereocenters. The first-order valence-corrected chi connectivity index (χ1v) is 6.93. The molecule has 1 fully saturated rings. The van der Waals surface area contributed by atoms with Crippen molar-refractivity contribution in [2.75, 3.05) is 18.4 Å². The lowest BCUT2D eigenvalue weighted by molar-refractivity contribution is 0.333. The number of piperidine rings is 1. The van der Waals surface area contributed by atoms with Crippen LogP contribution in [-0.4, -0.2) is 13.1 Å². The zero-order valence-corrected chi connectivity index (χ0v) is 10.6. The van der Waals surface area contributed by atoms with E-state index in [0.29, 0.717) is 6.04 Å². The summed E-state index contributed by atoms with van der Waals surface area (Å²) >= 11 is 0. The van der Waals surface area contributed by atoms with Gasteiger partial charge >= 0.3 is 0 Å². The minimum Gasteiger partial charge on any atom is -0.385 e. The summed E-state index contributed by atoms with van der Waals surface area (Å²) in [6.45, 7) is 4.63. The first-order chi connectivity index (χ1) is 8.33. The van der Waals surface area contributed by atoms with Crippen LogP contribution in [0.5, 0.6) is 0 Å². The molecule has 0 bridgehead atoms. The van der Waals surface area contributed by atoms with E-state index in [1.54, 1.807) is 0 Å². The molecule has 3 rings (SSSR count). The lowest BCUT2D eigenvalue weighted by atomic mass is 9.90. The summed E-state index contributed by atoms with van der Waals surface area (Å²) in [6.07, 6.45) is 5.14. The van der Waals surface area contributed by atoms with Crippen molar-refractivity contribution in [1.29, 1.82) is 0 Å². The molecule has 1 aromatic carbocycles. The normalized spacial score (nSPS) is 28.3. The van der Waals surface area contributed by atoms with E-state index in [2.05, 4.69) is 35.8 Å². The number of fused-ring (bicyclic) bond motifs is 1. The number of aryl methyl sites for hydroxylation is 1. The van der Waals surface area contributed by atoms with Crippen molar-refractivity contribution in [3.8, 4) is 0 Å². The Morgan fingerprint density at radius 1 is 1.24 bits per heavy atom. The van der Waals surface area contributed by atoms with Crippen LogP contribution in [0, 0.1) is 5.92 Å². The van der Waals surface area contributed by atoms with E-state index in [-0.39, 0.29) is 0 Å². The number of hydrogen-bond donors (Lipinski definition) is 2. The van der Waals surface area contributed by atoms with Crippen molar-refractivity contribution in [1.82, 2.24) is 5.32 Å². The third-order valence-corrected chi connectivity index (χ3v) is 4.13. The van der Waals surface area contributed by atoms with E-state index in [9.17, 15) is 0 Å². The molecular formula is C15H22N2. The topological polar surface area (TPSA) is 24.1 Å². The van der Waals surface area contributed by atoms with Gasteiger partial charge in [-0.2, -0.15) is 0 Å². The molecule has 2 heteroatoms. The van der Waals surface area contributed by atoms with Gasteiger partial charge < -0.3 is 10.6 Å². The zero-order chi connectivity index (χ0) is 11.7. The van der Waals surface area contributed by atoms with Gasteiger partial charge in [-0.3, -0.25) is 0 Å². The Morgan fingerprint density at radius 3 is 3.00 bits per heavy atom. The van der Waals surface area contributed by atoms with Gasteiger partial charge in [-0.15, -0.1) is 0 Å². The van der Waals surface area contributed by atoms with E-state index in [0.717, 1.165) is 12.5 Å². The molecule has 0 unspecified atom stereocenters. The number of hydrogen-bond acceptors (Lipinski definition) is 2. The first-order valence-electron chi connectivity index (χ1n) is 6.93. The van der Waals surface area contributed by atoms with Crippen LogP contribution >= 0.6 is 0 Å². The van der Waals surface area contributed by atoms with Gasteiger partial charge in [0.1, 0.15) is 0 Å². The molecule has 0 aliphatic carbocycles. The summed E-state index contributed by atoms with van der Waals surface area (Å²) in [6, 6.07) is 7.56. The first kappa shape index (κ1) is 11.1. The average molecular weight is 230 g/mol. The lowest BCUT2D eigenvalue weighted by Crippen LogP contribution is -2.32. The predicted molar refractivity (Wildman–Crippen MR) is 72.4 cm³/mol. The highest BCUT2D eigenvalue weighted by Crippen LogP contribution is 2.30. The van der Waals surface area contributed by atoms with Crippen LogP contribution in [0.1, 0.15) is 43.4 Å². The van der Waals surface area contributed by atoms with Crippen LogP contribution in [-0.2, 0) is 6.42 Å². The molecule has 2 nitrogen and oxygen atoms in total. The van der Waals surface area contributed by atoms with Gasteiger partial charge in [0.05, 0.1) is 0 Å². The summed E-state index contributed by atoms with van der Waals surface area (Å²) in [5.41, 5.74) is 4.35. The average Bonchev–Trinajstić information content (AvgIpc) is 2.39. The van der Waals surface area contributed by atoms with Crippen molar-refractivity contribution < 1.29 is 0 Å². The molecule has 1 aromatic rings. The fourth-order valence-corrected chi connectivity index (χ4v) is 2.99. The Balaban J connectivity index is 1.79. The number of benzene rings is 1. The van der Waals surface area contributed by atoms with Crippen molar-refractivity contribution >= 4 is 5.69 Å². The van der Waals surface area contributed by atoms with E-state index in [1.807, 2.05) is 0 Å². The lowest BCUT2D eigenvalue weighted by Gasteiger charge is -2.29. The maximum atomic E-state index is 3.67. The van der Waals surface area contributed by atoms with E-state index in [1.165, 1.54) is 49.0 Å². The van der Waals surface area contributed by atoms with E-state index >= 15 is 0 Å². The molecule has 92 valence electrons. The summed E-state index contributed by atoms with van der Waals surface area (Å²) in [7, 11) is 0. The third kappa shape index (κ3) is 2.32. The maximum Gasteiger partial charge on any atom is 0.0372 e. The summed E-state index contributed by atoms with van der Waals surface area (Å²) < 4.78 is 0. The van der Waals surface area contributed by atoms with Gasteiger partial charge in [-0.25, -0.2) is 0 Å². The van der Waals surface area contributed by atoms with Crippen molar-refractivity contribution in [3.05, 3.63) is 29.3 Å². The molecule has 17 heavy (non-hydrogen) atoms. The number of rotatable bonds is 1. The molecule has 0 spiro atoms. The Bertz CT molecular complexity index is 392. The predicted octanol–water partition coefficient (Wildman–Crippen LogP) is 3.11. The molecular weight excluding hydrogens is 208 g/mol. The standard InChI is InChI=1S/C15H22N2/c1-11-4-6-15(17-10-11)13-5-7-14-12(9-13)3-2-8-16-14/h5,7,9,11,15-17H,2-4,6,8,10H2,1H3/t11-,15+/m0/s1. The van der Waals surface area contributed by atoms with Gasteiger partial charge in [-0.05, 0) is 55.3 Å². The minimum atomic E-state index is 0.582. The molecule has 2 N–H and O–H groups in total. The van der Waals surface area contributed by atoms with Crippen LogP contribution in [0.4, 0.5) is 5.69 Å². The fourth-order valence-electron chi connectivity index (χ4n) is 2.99. The highest BCUT2D eigenvalue weighted by molar-refractivity contribution is 5.54. The van der Waals surface area contributed by atoms with Crippen LogP contribution < -0.4 is 10.6 Å². The van der Waals surface area contributed by atoms with E-state index in [4.69, 9.17) is 0 Å². The SMILES string of the molecule is C[C@H]1CC[C@H](c2ccc3c(c2)CCCN3)NC1. The zero-order valence-electron chi connectivity index (χ0n) is 10.6. The van der Waals surface area contributed by atoms with Crippen LogP contribution in [0.25, 0.3) is 0 Å². The smallest absolute Gasteiger partial charge is 0.0372 e. The second-order valence-corrected chi connectivity index (χ2v) is 5.59. The summed E-state index contributed by atoms with van der Waals surface area (Å²) in [4.78, 5) is 0. The third-order valence-electron chi connectivity index (χ3n) is 4.13. The van der Waals surface area contributed by atoms with Crippen molar-refractivity contribution in [2.45, 2.75) is 38.6 Å². The van der Waals surface area contributed by atoms with Gasteiger partial charge in [0.15, 0.2) is 0 Å². The largest absolute Gasteiger partial charge is 0.385 e. The molecule has 0 aromatic heterocycles. The second-order valence-electron chi connectivity index (χ2n) is 5.59.